The van der Waals surface area contributed by atoms with Crippen molar-refractivity contribution >= 4 is 34.5 Å². The minimum absolute atomic E-state index is 0.0470. The third-order valence-electron chi connectivity index (χ3n) is 5.10. The van der Waals surface area contributed by atoms with Gasteiger partial charge in [-0.05, 0) is 56.2 Å². The van der Waals surface area contributed by atoms with E-state index in [1.807, 2.05) is 30.0 Å². The maximum Gasteiger partial charge on any atom is 0.293 e. The fourth-order valence-electron chi connectivity index (χ4n) is 3.55. The van der Waals surface area contributed by atoms with Crippen molar-refractivity contribution in [1.29, 1.82) is 0 Å². The Labute approximate surface area is 179 Å². The van der Waals surface area contributed by atoms with E-state index in [1.165, 1.54) is 12.4 Å². The Morgan fingerprint density at radius 3 is 2.42 bits per heavy atom. The van der Waals surface area contributed by atoms with E-state index >= 15 is 0 Å². The number of carbonyl (C=O) groups is 1. The molecule has 1 aliphatic heterocycles. The number of amides is 1. The Morgan fingerprint density at radius 2 is 1.74 bits per heavy atom. The van der Waals surface area contributed by atoms with Gasteiger partial charge in [0.15, 0.2) is 0 Å². The van der Waals surface area contributed by atoms with E-state index in [9.17, 15) is 14.9 Å². The lowest BCUT2D eigenvalue weighted by molar-refractivity contribution is -0.384. The summed E-state index contributed by atoms with van der Waals surface area (Å²) < 4.78 is 0. The lowest BCUT2D eigenvalue weighted by Crippen LogP contribution is -2.19. The van der Waals surface area contributed by atoms with Gasteiger partial charge >= 0.3 is 0 Å². The maximum atomic E-state index is 12.7. The molecule has 0 radical (unpaired) electrons. The van der Waals surface area contributed by atoms with E-state index in [0.717, 1.165) is 37.3 Å². The highest BCUT2D eigenvalue weighted by molar-refractivity contribution is 6.05. The minimum atomic E-state index is -0.431. The van der Waals surface area contributed by atoms with Gasteiger partial charge in [0.05, 0.1) is 4.92 Å². The summed E-state index contributed by atoms with van der Waals surface area (Å²) in [5.41, 5.74) is 3.01. The van der Waals surface area contributed by atoms with Crippen LogP contribution in [0.25, 0.3) is 0 Å². The average Bonchev–Trinajstić information content (AvgIpc) is 3.29. The summed E-state index contributed by atoms with van der Waals surface area (Å²) >= 11 is 0. The fourth-order valence-corrected chi connectivity index (χ4v) is 3.55. The van der Waals surface area contributed by atoms with Crippen LogP contribution in [0.3, 0.4) is 0 Å². The highest BCUT2D eigenvalue weighted by Gasteiger charge is 2.23. The van der Waals surface area contributed by atoms with Gasteiger partial charge in [0.25, 0.3) is 11.6 Å². The number of carbonyl (C=O) groups excluding carboxylic acids is 1. The van der Waals surface area contributed by atoms with Gasteiger partial charge in [-0.15, -0.1) is 0 Å². The molecule has 0 bridgehead atoms. The van der Waals surface area contributed by atoms with Crippen molar-refractivity contribution in [3.8, 4) is 0 Å². The van der Waals surface area contributed by atoms with Gasteiger partial charge in [-0.2, -0.15) is 0 Å². The second kappa shape index (κ2) is 8.78. The van der Waals surface area contributed by atoms with E-state index < -0.39 is 10.8 Å². The van der Waals surface area contributed by atoms with Crippen LogP contribution in [0.4, 0.5) is 28.6 Å². The molecule has 0 atom stereocenters. The zero-order valence-corrected chi connectivity index (χ0v) is 17.0. The Morgan fingerprint density at radius 1 is 1.03 bits per heavy atom. The quantitative estimate of drug-likeness (QED) is 0.453. The summed E-state index contributed by atoms with van der Waals surface area (Å²) in [5.74, 6) is 0.276. The minimum Gasteiger partial charge on any atom is -0.366 e. The molecule has 2 aromatic carbocycles. The number of nitro benzene ring substituents is 1. The highest BCUT2D eigenvalue weighted by atomic mass is 16.6. The fraction of sp³-hybridized carbons (Fsp3) is 0.227. The van der Waals surface area contributed by atoms with Gasteiger partial charge in [-0.25, -0.2) is 9.97 Å². The number of hydrogen-bond donors (Lipinski definition) is 2. The van der Waals surface area contributed by atoms with Crippen LogP contribution in [0.2, 0.25) is 0 Å². The van der Waals surface area contributed by atoms with Gasteiger partial charge < -0.3 is 15.5 Å². The van der Waals surface area contributed by atoms with Crippen LogP contribution in [0.15, 0.2) is 54.9 Å². The number of hydrogen-bond acceptors (Lipinski definition) is 7. The summed E-state index contributed by atoms with van der Waals surface area (Å²) in [5, 5.41) is 17.5. The summed E-state index contributed by atoms with van der Waals surface area (Å²) in [4.78, 5) is 34.0. The predicted octanol–water partition coefficient (Wildman–Crippen LogP) is 4.29. The number of aromatic nitrogens is 2. The molecule has 0 unspecified atom stereocenters. The standard InChI is InChI=1S/C22H22N6O3/c1-15-12-21(24-14-23-15)25-17-5-7-18(8-6-17)26-22(29)16-4-9-19(20(13-16)28(30)31)27-10-2-3-11-27/h4-9,12-14H,2-3,10-11H2,1H3,(H,26,29)(H,23,24,25). The predicted molar refractivity (Wildman–Crippen MR) is 119 cm³/mol. The number of nitrogens with one attached hydrogen (secondary N) is 2. The number of nitrogens with zero attached hydrogens (tertiary/aromatic N) is 4. The summed E-state index contributed by atoms with van der Waals surface area (Å²) in [6.45, 7) is 3.47. The molecule has 0 aliphatic carbocycles. The molecule has 9 heteroatoms. The molecule has 1 aromatic heterocycles. The van der Waals surface area contributed by atoms with Crippen molar-refractivity contribution in [2.75, 3.05) is 28.6 Å². The molecule has 0 saturated carbocycles. The van der Waals surface area contributed by atoms with Crippen LogP contribution in [0.1, 0.15) is 28.9 Å². The average molecular weight is 418 g/mol. The largest absolute Gasteiger partial charge is 0.366 e. The zero-order chi connectivity index (χ0) is 21.8. The van der Waals surface area contributed by atoms with Gasteiger partial charge in [0, 0.05) is 47.9 Å². The van der Waals surface area contributed by atoms with Crippen molar-refractivity contribution in [2.24, 2.45) is 0 Å². The maximum absolute atomic E-state index is 12.7. The van der Waals surface area contributed by atoms with E-state index in [0.29, 0.717) is 17.2 Å². The molecule has 1 amide bonds. The van der Waals surface area contributed by atoms with Crippen LogP contribution in [-0.4, -0.2) is 33.9 Å². The first kappa shape index (κ1) is 20.3. The van der Waals surface area contributed by atoms with Crippen LogP contribution in [0, 0.1) is 17.0 Å². The molecule has 158 valence electrons. The van der Waals surface area contributed by atoms with Gasteiger partial charge in [-0.1, -0.05) is 0 Å². The van der Waals surface area contributed by atoms with Crippen molar-refractivity contribution in [1.82, 2.24) is 9.97 Å². The van der Waals surface area contributed by atoms with Gasteiger partial charge in [0.1, 0.15) is 17.8 Å². The van der Waals surface area contributed by atoms with Gasteiger partial charge in [-0.3, -0.25) is 14.9 Å². The molecule has 2 heterocycles. The summed E-state index contributed by atoms with van der Waals surface area (Å²) in [7, 11) is 0. The number of benzene rings is 2. The van der Waals surface area contributed by atoms with E-state index in [2.05, 4.69) is 20.6 Å². The second-order valence-corrected chi connectivity index (χ2v) is 7.36. The topological polar surface area (TPSA) is 113 Å². The van der Waals surface area contributed by atoms with Crippen molar-refractivity contribution in [3.63, 3.8) is 0 Å². The zero-order valence-electron chi connectivity index (χ0n) is 17.0. The molecular weight excluding hydrogens is 396 g/mol. The Hall–Kier alpha value is -4.01. The Kier molecular flexibility index (Phi) is 5.74. The number of anilines is 4. The second-order valence-electron chi connectivity index (χ2n) is 7.36. The van der Waals surface area contributed by atoms with E-state index in [1.54, 1.807) is 24.3 Å². The Balaban J connectivity index is 1.46. The SMILES string of the molecule is Cc1cc(Nc2ccc(NC(=O)c3ccc(N4CCCC4)c([N+](=O)[O-])c3)cc2)ncn1. The Bertz CT molecular complexity index is 1110. The number of rotatable bonds is 6. The number of nitro groups is 1. The molecule has 1 saturated heterocycles. The molecule has 4 rings (SSSR count). The molecule has 9 nitrogen and oxygen atoms in total. The lowest BCUT2D eigenvalue weighted by atomic mass is 10.1. The van der Waals surface area contributed by atoms with Crippen molar-refractivity contribution in [2.45, 2.75) is 19.8 Å². The number of aryl methyl sites for hydroxylation is 1. The molecule has 2 N–H and O–H groups in total. The summed E-state index contributed by atoms with van der Waals surface area (Å²) in [6, 6.07) is 13.6. The molecule has 3 aromatic rings. The molecule has 1 aliphatic rings. The first-order chi connectivity index (χ1) is 15.0. The molecule has 0 spiro atoms. The van der Waals surface area contributed by atoms with E-state index in [-0.39, 0.29) is 11.3 Å². The monoisotopic (exact) mass is 418 g/mol. The van der Waals surface area contributed by atoms with Crippen molar-refractivity contribution < 1.29 is 9.72 Å². The summed E-state index contributed by atoms with van der Waals surface area (Å²) in [6.07, 6.45) is 3.52. The van der Waals surface area contributed by atoms with Gasteiger partial charge in [0.2, 0.25) is 0 Å². The third kappa shape index (κ3) is 4.77. The normalized spacial score (nSPS) is 13.1. The first-order valence-corrected chi connectivity index (χ1v) is 10.00. The molecule has 1 fully saturated rings. The van der Waals surface area contributed by atoms with Crippen LogP contribution >= 0.6 is 0 Å². The van der Waals surface area contributed by atoms with Crippen LogP contribution in [-0.2, 0) is 0 Å². The smallest absolute Gasteiger partial charge is 0.293 e. The molecular formula is C22H22N6O3. The third-order valence-corrected chi connectivity index (χ3v) is 5.10. The van der Waals surface area contributed by atoms with Crippen molar-refractivity contribution in [3.05, 3.63) is 76.2 Å². The molecule has 31 heavy (non-hydrogen) atoms. The first-order valence-electron chi connectivity index (χ1n) is 10.00. The lowest BCUT2D eigenvalue weighted by Gasteiger charge is -2.17. The highest BCUT2D eigenvalue weighted by Crippen LogP contribution is 2.32. The van der Waals surface area contributed by atoms with E-state index in [4.69, 9.17) is 0 Å². The van der Waals surface area contributed by atoms with Crippen LogP contribution in [0.5, 0.6) is 0 Å². The van der Waals surface area contributed by atoms with Crippen LogP contribution < -0.4 is 15.5 Å².